The van der Waals surface area contributed by atoms with Crippen LogP contribution < -0.4 is 4.74 Å². The third kappa shape index (κ3) is 3.26. The molecule has 0 saturated heterocycles. The maximum Gasteiger partial charge on any atom is 0.185 e. The number of aldehydes is 1. The average molecular weight is 276 g/mol. The molecule has 0 aliphatic rings. The summed E-state index contributed by atoms with van der Waals surface area (Å²) in [7, 11) is 0. The van der Waals surface area contributed by atoms with Gasteiger partial charge in [0.05, 0.1) is 12.2 Å². The smallest absolute Gasteiger partial charge is 0.185 e. The Morgan fingerprint density at radius 1 is 1.25 bits per heavy atom. The van der Waals surface area contributed by atoms with Gasteiger partial charge in [0.15, 0.2) is 23.6 Å². The molecule has 0 aliphatic heterocycles. The first-order valence-corrected chi connectivity index (χ1v) is 6.37. The van der Waals surface area contributed by atoms with Gasteiger partial charge in [0.2, 0.25) is 0 Å². The van der Waals surface area contributed by atoms with E-state index in [2.05, 4.69) is 0 Å². The van der Waals surface area contributed by atoms with Crippen molar-refractivity contribution in [3.8, 4) is 17.1 Å². The first-order chi connectivity index (χ1) is 9.40. The number of benzene rings is 1. The van der Waals surface area contributed by atoms with E-state index < -0.39 is 5.82 Å². The van der Waals surface area contributed by atoms with Gasteiger partial charge in [0, 0.05) is 0 Å². The number of halogens is 1. The Balaban J connectivity index is 2.37. The Morgan fingerprint density at radius 3 is 2.60 bits per heavy atom. The molecule has 4 heteroatoms. The van der Waals surface area contributed by atoms with Crippen LogP contribution in [0.5, 0.6) is 5.75 Å². The van der Waals surface area contributed by atoms with Crippen molar-refractivity contribution in [2.24, 2.45) is 5.41 Å². The summed E-state index contributed by atoms with van der Waals surface area (Å²) in [6.07, 6.45) is 0.610. The van der Waals surface area contributed by atoms with Crippen LogP contribution in [0.4, 0.5) is 4.39 Å². The summed E-state index contributed by atoms with van der Waals surface area (Å²) < 4.78 is 24.9. The summed E-state index contributed by atoms with van der Waals surface area (Å²) >= 11 is 0. The Kier molecular flexibility index (Phi) is 3.93. The molecule has 0 radical (unpaired) electrons. The van der Waals surface area contributed by atoms with Gasteiger partial charge in [-0.1, -0.05) is 26.8 Å². The van der Waals surface area contributed by atoms with E-state index in [1.807, 2.05) is 20.8 Å². The van der Waals surface area contributed by atoms with Crippen LogP contribution in [0.1, 0.15) is 31.3 Å². The van der Waals surface area contributed by atoms with E-state index in [1.165, 1.54) is 6.07 Å². The molecule has 0 spiro atoms. The van der Waals surface area contributed by atoms with Crippen LogP contribution in [0.2, 0.25) is 0 Å². The molecule has 0 saturated carbocycles. The second-order valence-electron chi connectivity index (χ2n) is 5.79. The van der Waals surface area contributed by atoms with Crippen molar-refractivity contribution < 1.29 is 18.3 Å². The second kappa shape index (κ2) is 5.49. The van der Waals surface area contributed by atoms with E-state index in [-0.39, 0.29) is 16.9 Å². The minimum Gasteiger partial charge on any atom is -0.489 e. The predicted octanol–water partition coefficient (Wildman–Crippen LogP) is 4.32. The Bertz CT molecular complexity index is 608. The van der Waals surface area contributed by atoms with Crippen molar-refractivity contribution in [3.63, 3.8) is 0 Å². The van der Waals surface area contributed by atoms with E-state index in [1.54, 1.807) is 24.3 Å². The molecule has 0 N–H and O–H groups in total. The molecular formula is C16H17FO3. The molecule has 2 aromatic rings. The average Bonchev–Trinajstić information content (AvgIpc) is 2.84. The van der Waals surface area contributed by atoms with E-state index in [0.29, 0.717) is 24.2 Å². The van der Waals surface area contributed by atoms with E-state index in [9.17, 15) is 9.18 Å². The van der Waals surface area contributed by atoms with Crippen LogP contribution >= 0.6 is 0 Å². The van der Waals surface area contributed by atoms with Gasteiger partial charge in [-0.3, -0.25) is 4.79 Å². The molecule has 0 bridgehead atoms. The molecule has 1 heterocycles. The van der Waals surface area contributed by atoms with Crippen LogP contribution in [0.3, 0.4) is 0 Å². The molecule has 20 heavy (non-hydrogen) atoms. The number of para-hydroxylation sites is 1. The number of hydrogen-bond acceptors (Lipinski definition) is 3. The number of ether oxygens (including phenoxy) is 1. The van der Waals surface area contributed by atoms with Gasteiger partial charge in [-0.25, -0.2) is 4.39 Å². The Hall–Kier alpha value is -2.10. The lowest BCUT2D eigenvalue weighted by molar-refractivity contribution is 0.110. The highest BCUT2D eigenvalue weighted by atomic mass is 19.1. The van der Waals surface area contributed by atoms with Gasteiger partial charge >= 0.3 is 0 Å². The molecule has 0 unspecified atom stereocenters. The molecular weight excluding hydrogens is 259 g/mol. The number of rotatable bonds is 4. The molecule has 0 atom stereocenters. The third-order valence-corrected chi connectivity index (χ3v) is 2.62. The topological polar surface area (TPSA) is 39.4 Å². The zero-order chi connectivity index (χ0) is 14.8. The molecule has 2 rings (SSSR count). The zero-order valence-electron chi connectivity index (χ0n) is 11.8. The molecule has 0 fully saturated rings. The van der Waals surface area contributed by atoms with Crippen LogP contribution in [0.25, 0.3) is 11.3 Å². The van der Waals surface area contributed by atoms with Crippen LogP contribution in [0, 0.1) is 11.2 Å². The summed E-state index contributed by atoms with van der Waals surface area (Å²) in [4.78, 5) is 10.7. The quantitative estimate of drug-likeness (QED) is 0.780. The van der Waals surface area contributed by atoms with Crippen molar-refractivity contribution in [2.45, 2.75) is 20.8 Å². The maximum absolute atomic E-state index is 14.0. The van der Waals surface area contributed by atoms with Crippen LogP contribution in [-0.2, 0) is 0 Å². The van der Waals surface area contributed by atoms with Gasteiger partial charge in [-0.05, 0) is 29.7 Å². The second-order valence-corrected chi connectivity index (χ2v) is 5.79. The van der Waals surface area contributed by atoms with Gasteiger partial charge < -0.3 is 9.15 Å². The highest BCUT2D eigenvalue weighted by Crippen LogP contribution is 2.34. The summed E-state index contributed by atoms with van der Waals surface area (Å²) in [6.45, 7) is 6.39. The minimum absolute atomic E-state index is 0.0866. The molecule has 1 aromatic heterocycles. The number of carbonyl (C=O) groups is 1. The van der Waals surface area contributed by atoms with E-state index >= 15 is 0 Å². The van der Waals surface area contributed by atoms with Gasteiger partial charge in [-0.2, -0.15) is 0 Å². The minimum atomic E-state index is -0.448. The van der Waals surface area contributed by atoms with Crippen molar-refractivity contribution in [1.29, 1.82) is 0 Å². The highest BCUT2D eigenvalue weighted by molar-refractivity contribution is 5.74. The summed E-state index contributed by atoms with van der Waals surface area (Å²) in [5, 5.41) is 0. The number of carbonyl (C=O) groups excluding carboxylic acids is 1. The molecule has 3 nitrogen and oxygen atoms in total. The van der Waals surface area contributed by atoms with Crippen molar-refractivity contribution in [1.82, 2.24) is 0 Å². The fourth-order valence-electron chi connectivity index (χ4n) is 1.70. The van der Waals surface area contributed by atoms with E-state index in [4.69, 9.17) is 9.15 Å². The lowest BCUT2D eigenvalue weighted by Gasteiger charge is -2.20. The maximum atomic E-state index is 14.0. The largest absolute Gasteiger partial charge is 0.489 e. The lowest BCUT2D eigenvalue weighted by atomic mass is 9.98. The lowest BCUT2D eigenvalue weighted by Crippen LogP contribution is -2.17. The highest BCUT2D eigenvalue weighted by Gasteiger charge is 2.18. The zero-order valence-corrected chi connectivity index (χ0v) is 11.8. The van der Waals surface area contributed by atoms with Gasteiger partial charge in [-0.15, -0.1) is 0 Å². The molecule has 1 aromatic carbocycles. The summed E-state index contributed by atoms with van der Waals surface area (Å²) in [5.41, 5.74) is 0.416. The first-order valence-electron chi connectivity index (χ1n) is 6.37. The van der Waals surface area contributed by atoms with Gasteiger partial charge in [0.1, 0.15) is 5.76 Å². The fraction of sp³-hybridized carbons (Fsp3) is 0.312. The van der Waals surface area contributed by atoms with Crippen LogP contribution in [-0.4, -0.2) is 12.9 Å². The van der Waals surface area contributed by atoms with E-state index in [0.717, 1.165) is 0 Å². The predicted molar refractivity (Wildman–Crippen MR) is 74.4 cm³/mol. The third-order valence-electron chi connectivity index (χ3n) is 2.62. The first kappa shape index (κ1) is 14.3. The summed E-state index contributed by atoms with van der Waals surface area (Å²) in [5.74, 6) is 0.312. The SMILES string of the molecule is CC(C)(C)COc1c(F)cccc1-c1ccc(C=O)o1. The fourth-order valence-corrected chi connectivity index (χ4v) is 1.70. The van der Waals surface area contributed by atoms with Crippen molar-refractivity contribution in [2.75, 3.05) is 6.61 Å². The standard InChI is InChI=1S/C16H17FO3/c1-16(2,3)10-19-15-12(5-4-6-13(15)17)14-8-7-11(9-18)20-14/h4-9H,10H2,1-3H3. The number of hydrogen-bond donors (Lipinski definition) is 0. The monoisotopic (exact) mass is 276 g/mol. The molecule has 0 aliphatic carbocycles. The Morgan fingerprint density at radius 2 is 2.00 bits per heavy atom. The molecule has 106 valence electrons. The molecule has 0 amide bonds. The van der Waals surface area contributed by atoms with Crippen molar-refractivity contribution >= 4 is 6.29 Å². The Labute approximate surface area is 117 Å². The summed E-state index contributed by atoms with van der Waals surface area (Å²) in [6, 6.07) is 7.79. The van der Waals surface area contributed by atoms with Crippen molar-refractivity contribution in [3.05, 3.63) is 41.9 Å². The number of furan rings is 1. The van der Waals surface area contributed by atoms with Crippen LogP contribution in [0.15, 0.2) is 34.7 Å². The normalized spacial score (nSPS) is 11.4. The van der Waals surface area contributed by atoms with Gasteiger partial charge in [0.25, 0.3) is 0 Å².